The topological polar surface area (TPSA) is 0 Å². The number of hydrogen-bond acceptors (Lipinski definition) is 0. The molecule has 0 heterocycles. The molecule has 10 aromatic rings. The molecular weight excluding hydrogens is 601 g/mol. The van der Waals surface area contributed by atoms with Crippen LogP contribution in [0.2, 0.25) is 0 Å². The number of rotatable bonds is 4. The Hall–Kier alpha value is -6.50. The predicted molar refractivity (Wildman–Crippen MR) is 216 cm³/mol. The molecule has 0 fully saturated rings. The molecule has 10 rings (SSSR count). The highest BCUT2D eigenvalue weighted by molar-refractivity contribution is 6.22. The SMILES string of the molecule is c1ccc(-c2cc(-c3ccc4c(ccc5ccccc54)c3)cc(-c3c4ccccc4c(-c4ccc5ccccc5c4)c4ccccc34)c2)cc1. The first kappa shape index (κ1) is 28.5. The van der Waals surface area contributed by atoms with Crippen molar-refractivity contribution in [1.29, 1.82) is 0 Å². The van der Waals surface area contributed by atoms with Crippen LogP contribution in [-0.2, 0) is 0 Å². The normalized spacial score (nSPS) is 11.6. The zero-order valence-electron chi connectivity index (χ0n) is 27.5. The van der Waals surface area contributed by atoms with Gasteiger partial charge in [-0.2, -0.15) is 0 Å². The molecule has 50 heavy (non-hydrogen) atoms. The Kier molecular flexibility index (Phi) is 6.60. The van der Waals surface area contributed by atoms with Gasteiger partial charge in [-0.25, -0.2) is 0 Å². The fraction of sp³-hybridized carbons (Fsp3) is 0. The van der Waals surface area contributed by atoms with Gasteiger partial charge >= 0.3 is 0 Å². The van der Waals surface area contributed by atoms with Crippen LogP contribution in [0.3, 0.4) is 0 Å². The summed E-state index contributed by atoms with van der Waals surface area (Å²) in [6, 6.07) is 71.5. The molecule has 0 N–H and O–H groups in total. The molecule has 0 aliphatic heterocycles. The van der Waals surface area contributed by atoms with Gasteiger partial charge in [0.05, 0.1) is 0 Å². The van der Waals surface area contributed by atoms with Gasteiger partial charge in [0.15, 0.2) is 0 Å². The molecule has 0 unspecified atom stereocenters. The molecule has 0 bridgehead atoms. The van der Waals surface area contributed by atoms with E-state index >= 15 is 0 Å². The van der Waals surface area contributed by atoms with E-state index in [4.69, 9.17) is 0 Å². The van der Waals surface area contributed by atoms with Crippen molar-refractivity contribution in [2.45, 2.75) is 0 Å². The highest BCUT2D eigenvalue weighted by Gasteiger charge is 2.18. The van der Waals surface area contributed by atoms with Gasteiger partial charge in [-0.3, -0.25) is 0 Å². The summed E-state index contributed by atoms with van der Waals surface area (Å²) in [6.07, 6.45) is 0. The van der Waals surface area contributed by atoms with Gasteiger partial charge in [0.25, 0.3) is 0 Å². The van der Waals surface area contributed by atoms with Gasteiger partial charge in [0, 0.05) is 0 Å². The second kappa shape index (κ2) is 11.6. The third kappa shape index (κ3) is 4.69. The van der Waals surface area contributed by atoms with E-state index in [-0.39, 0.29) is 0 Å². The minimum Gasteiger partial charge on any atom is -0.0622 e. The number of hydrogen-bond donors (Lipinski definition) is 0. The monoisotopic (exact) mass is 632 g/mol. The molecule has 0 amide bonds. The van der Waals surface area contributed by atoms with Crippen molar-refractivity contribution in [3.05, 3.63) is 194 Å². The van der Waals surface area contributed by atoms with Crippen LogP contribution in [0.25, 0.3) is 98.4 Å². The van der Waals surface area contributed by atoms with E-state index in [9.17, 15) is 0 Å². The Morgan fingerprint density at radius 1 is 0.180 bits per heavy atom. The summed E-state index contributed by atoms with van der Waals surface area (Å²) in [6.45, 7) is 0. The lowest BCUT2D eigenvalue weighted by Crippen LogP contribution is -1.92. The molecule has 10 aromatic carbocycles. The summed E-state index contributed by atoms with van der Waals surface area (Å²) in [5.74, 6) is 0. The van der Waals surface area contributed by atoms with E-state index in [1.807, 2.05) is 0 Å². The molecule has 0 spiro atoms. The zero-order chi connectivity index (χ0) is 33.0. The standard InChI is InChI=1S/C50H32/c1-2-12-33(13-3-1)40-30-41(37-26-27-44-38(28-37)24-23-35-15-6-7-17-43(35)44)32-42(31-40)50-47-20-10-8-18-45(47)49(46-19-9-11-21-48(46)50)39-25-22-34-14-4-5-16-36(34)29-39/h1-32H. The minimum atomic E-state index is 1.21. The van der Waals surface area contributed by atoms with Gasteiger partial charge in [-0.05, 0) is 129 Å². The molecule has 232 valence electrons. The van der Waals surface area contributed by atoms with Gasteiger partial charge in [0.2, 0.25) is 0 Å². The van der Waals surface area contributed by atoms with E-state index in [1.54, 1.807) is 0 Å². The summed E-state index contributed by atoms with van der Waals surface area (Å²) in [5.41, 5.74) is 9.87. The van der Waals surface area contributed by atoms with Gasteiger partial charge in [-0.15, -0.1) is 0 Å². The van der Waals surface area contributed by atoms with Crippen LogP contribution in [0.4, 0.5) is 0 Å². The van der Waals surface area contributed by atoms with E-state index in [0.29, 0.717) is 0 Å². The van der Waals surface area contributed by atoms with E-state index in [0.717, 1.165) is 0 Å². The Morgan fingerprint density at radius 3 is 1.32 bits per heavy atom. The van der Waals surface area contributed by atoms with Crippen molar-refractivity contribution >= 4 is 53.9 Å². The van der Waals surface area contributed by atoms with Crippen LogP contribution in [0, 0.1) is 0 Å². The van der Waals surface area contributed by atoms with Crippen molar-refractivity contribution in [2.75, 3.05) is 0 Å². The molecule has 0 aliphatic rings. The smallest absolute Gasteiger partial charge is 0.00259 e. The summed E-state index contributed by atoms with van der Waals surface area (Å²) >= 11 is 0. The van der Waals surface area contributed by atoms with Gasteiger partial charge in [-0.1, -0.05) is 164 Å². The second-order valence-electron chi connectivity index (χ2n) is 13.3. The van der Waals surface area contributed by atoms with Crippen molar-refractivity contribution in [1.82, 2.24) is 0 Å². The lowest BCUT2D eigenvalue weighted by atomic mass is 9.84. The predicted octanol–water partition coefficient (Wildman–Crippen LogP) is 14.1. The van der Waals surface area contributed by atoms with Gasteiger partial charge < -0.3 is 0 Å². The summed E-state index contributed by atoms with van der Waals surface area (Å²) in [5, 5.41) is 12.7. The summed E-state index contributed by atoms with van der Waals surface area (Å²) in [7, 11) is 0. The maximum atomic E-state index is 2.40. The Labute approximate surface area is 291 Å². The third-order valence-electron chi connectivity index (χ3n) is 10.4. The maximum Gasteiger partial charge on any atom is -0.00259 e. The van der Waals surface area contributed by atoms with Crippen LogP contribution in [-0.4, -0.2) is 0 Å². The lowest BCUT2D eigenvalue weighted by Gasteiger charge is -2.19. The van der Waals surface area contributed by atoms with Crippen molar-refractivity contribution < 1.29 is 0 Å². The average molecular weight is 633 g/mol. The quantitative estimate of drug-likeness (QED) is 0.134. The number of fused-ring (bicyclic) bond motifs is 6. The molecule has 0 saturated heterocycles. The molecule has 0 atom stereocenters. The third-order valence-corrected chi connectivity index (χ3v) is 10.4. The Balaban J connectivity index is 1.25. The molecule has 0 aliphatic carbocycles. The highest BCUT2D eigenvalue weighted by atomic mass is 14.2. The largest absolute Gasteiger partial charge is 0.0622 e. The van der Waals surface area contributed by atoms with Crippen LogP contribution in [0.15, 0.2) is 194 Å². The molecular formula is C50H32. The minimum absolute atomic E-state index is 1.21. The van der Waals surface area contributed by atoms with Crippen LogP contribution >= 0.6 is 0 Å². The fourth-order valence-electron chi connectivity index (χ4n) is 8.02. The molecule has 0 nitrogen and oxygen atoms in total. The van der Waals surface area contributed by atoms with Crippen LogP contribution < -0.4 is 0 Å². The maximum absolute atomic E-state index is 2.40. The lowest BCUT2D eigenvalue weighted by molar-refractivity contribution is 1.59. The average Bonchev–Trinajstić information content (AvgIpc) is 3.19. The molecule has 0 saturated carbocycles. The summed E-state index contributed by atoms with van der Waals surface area (Å²) < 4.78 is 0. The summed E-state index contributed by atoms with van der Waals surface area (Å²) in [4.78, 5) is 0. The van der Waals surface area contributed by atoms with Crippen LogP contribution in [0.5, 0.6) is 0 Å². The molecule has 0 heteroatoms. The van der Waals surface area contributed by atoms with E-state index < -0.39 is 0 Å². The first-order valence-corrected chi connectivity index (χ1v) is 17.3. The van der Waals surface area contributed by atoms with Crippen molar-refractivity contribution in [3.63, 3.8) is 0 Å². The Morgan fingerprint density at radius 2 is 0.620 bits per heavy atom. The van der Waals surface area contributed by atoms with Crippen LogP contribution in [0.1, 0.15) is 0 Å². The first-order chi connectivity index (χ1) is 24.8. The fourth-order valence-corrected chi connectivity index (χ4v) is 8.02. The van der Waals surface area contributed by atoms with Crippen molar-refractivity contribution in [3.8, 4) is 44.5 Å². The Bertz CT molecular complexity index is 2860. The van der Waals surface area contributed by atoms with Gasteiger partial charge in [0.1, 0.15) is 0 Å². The highest BCUT2D eigenvalue weighted by Crippen LogP contribution is 2.46. The van der Waals surface area contributed by atoms with E-state index in [1.165, 1.54) is 98.4 Å². The first-order valence-electron chi connectivity index (χ1n) is 17.3. The zero-order valence-corrected chi connectivity index (χ0v) is 27.5. The van der Waals surface area contributed by atoms with E-state index in [2.05, 4.69) is 194 Å². The molecule has 0 aromatic heterocycles. The molecule has 0 radical (unpaired) electrons. The second-order valence-corrected chi connectivity index (χ2v) is 13.3. The number of benzene rings is 10. The van der Waals surface area contributed by atoms with Crippen molar-refractivity contribution in [2.24, 2.45) is 0 Å².